The summed E-state index contributed by atoms with van der Waals surface area (Å²) < 4.78 is 79.3. The van der Waals surface area contributed by atoms with Crippen LogP contribution in [0.25, 0.3) is 11.3 Å². The number of nitrogens with one attached hydrogen (secondary N) is 3. The zero-order valence-corrected chi connectivity index (χ0v) is 22.3. The maximum atomic E-state index is 16.3. The van der Waals surface area contributed by atoms with Crippen molar-refractivity contribution in [1.29, 1.82) is 0 Å². The number of aliphatic hydroxyl groups is 1. The normalized spacial score (nSPS) is 16.3. The molecule has 0 unspecified atom stereocenters. The number of aliphatic hydroxyl groups excluding tert-OH is 1. The van der Waals surface area contributed by atoms with Gasteiger partial charge in [-0.25, -0.2) is 13.8 Å². The summed E-state index contributed by atoms with van der Waals surface area (Å²) in [6.07, 6.45) is -3.80. The predicted octanol–water partition coefficient (Wildman–Crippen LogP) is 3.93. The number of hydrogen-bond donors (Lipinski definition) is 5. The van der Waals surface area contributed by atoms with Crippen LogP contribution in [0.15, 0.2) is 24.4 Å². The summed E-state index contributed by atoms with van der Waals surface area (Å²) in [7, 11) is 0. The van der Waals surface area contributed by atoms with E-state index in [9.17, 15) is 27.5 Å². The number of nitrogen functional groups attached to an aromatic ring is 1. The van der Waals surface area contributed by atoms with Gasteiger partial charge in [-0.3, -0.25) is 9.78 Å². The van der Waals surface area contributed by atoms with Crippen LogP contribution in [0, 0.1) is 18.6 Å². The lowest BCUT2D eigenvalue weighted by Gasteiger charge is -2.23. The number of ether oxygens (including phenoxy) is 1. The molecule has 14 heteroatoms. The summed E-state index contributed by atoms with van der Waals surface area (Å²) in [5, 5.41) is 17.8. The van der Waals surface area contributed by atoms with Gasteiger partial charge in [-0.1, -0.05) is 6.07 Å². The van der Waals surface area contributed by atoms with Crippen molar-refractivity contribution < 1.29 is 36.6 Å². The number of carbonyl (C=O) groups excluding carboxylic acids is 1. The van der Waals surface area contributed by atoms with Crippen LogP contribution in [0.3, 0.4) is 0 Å². The number of anilines is 2. The van der Waals surface area contributed by atoms with Gasteiger partial charge in [-0.2, -0.15) is 13.2 Å². The lowest BCUT2D eigenvalue weighted by atomic mass is 9.95. The number of aromatic nitrogens is 2. The van der Waals surface area contributed by atoms with Crippen molar-refractivity contribution in [3.05, 3.63) is 64.0 Å². The predicted molar refractivity (Wildman–Crippen MR) is 141 cm³/mol. The number of rotatable bonds is 5. The molecule has 4 rings (SSSR count). The number of amides is 1. The first kappa shape index (κ1) is 29.9. The van der Waals surface area contributed by atoms with Gasteiger partial charge in [0.15, 0.2) is 5.82 Å². The Morgan fingerprint density at radius 3 is 2.61 bits per heavy atom. The summed E-state index contributed by atoms with van der Waals surface area (Å²) in [6, 6.07) is 3.81. The molecule has 0 spiro atoms. The SMILES string of the molecule is Cc1c(F)c(N)cc(-c2nc3c(c(NCc4ccc(CO)nc4)c2F)C(=O)NCCNCC[C@H](C)O3)c1C(F)(F)F. The Bertz CT molecular complexity index is 1430. The zero-order chi connectivity index (χ0) is 29.9. The number of halogens is 5. The van der Waals surface area contributed by atoms with Crippen LogP contribution in [0.1, 0.15) is 46.1 Å². The van der Waals surface area contributed by atoms with Crippen LogP contribution in [-0.4, -0.2) is 46.7 Å². The van der Waals surface area contributed by atoms with Crippen molar-refractivity contribution in [3.8, 4) is 17.1 Å². The third kappa shape index (κ3) is 6.49. The Balaban J connectivity index is 1.96. The Kier molecular flexibility index (Phi) is 8.92. The molecule has 6 N–H and O–H groups in total. The molecule has 1 aliphatic rings. The minimum atomic E-state index is -5.09. The van der Waals surface area contributed by atoms with E-state index in [0.29, 0.717) is 36.8 Å². The second-order valence-corrected chi connectivity index (χ2v) is 9.55. The van der Waals surface area contributed by atoms with Crippen LogP contribution in [0.4, 0.5) is 33.3 Å². The van der Waals surface area contributed by atoms with E-state index in [-0.39, 0.29) is 25.3 Å². The molecule has 0 bridgehead atoms. The number of nitrogens with two attached hydrogens (primary N) is 1. The van der Waals surface area contributed by atoms with Gasteiger partial charge in [0.2, 0.25) is 5.88 Å². The molecular weight excluding hydrogens is 551 g/mol. The van der Waals surface area contributed by atoms with Gasteiger partial charge in [0.1, 0.15) is 17.1 Å². The maximum absolute atomic E-state index is 16.3. The topological polar surface area (TPSA) is 134 Å². The number of carbonyl (C=O) groups is 1. The minimum Gasteiger partial charge on any atom is -0.474 e. The second-order valence-electron chi connectivity index (χ2n) is 9.55. The second kappa shape index (κ2) is 12.2. The number of hydrogen-bond acceptors (Lipinski definition) is 8. The van der Waals surface area contributed by atoms with Crippen molar-refractivity contribution >= 4 is 17.3 Å². The van der Waals surface area contributed by atoms with Gasteiger partial charge in [0.25, 0.3) is 5.91 Å². The fourth-order valence-electron chi connectivity index (χ4n) is 4.43. The minimum absolute atomic E-state index is 0.105. The Morgan fingerprint density at radius 2 is 1.95 bits per heavy atom. The van der Waals surface area contributed by atoms with E-state index in [4.69, 9.17) is 10.5 Å². The third-order valence-electron chi connectivity index (χ3n) is 6.54. The fraction of sp³-hybridized carbons (Fsp3) is 0.370. The highest BCUT2D eigenvalue weighted by atomic mass is 19.4. The average molecular weight is 581 g/mol. The van der Waals surface area contributed by atoms with Crippen LogP contribution in [-0.2, 0) is 19.3 Å². The quantitative estimate of drug-likeness (QED) is 0.227. The molecule has 0 aliphatic carbocycles. The van der Waals surface area contributed by atoms with E-state index in [1.165, 1.54) is 12.3 Å². The van der Waals surface area contributed by atoms with Gasteiger partial charge in [0, 0.05) is 31.4 Å². The molecule has 2 aromatic heterocycles. The molecule has 3 heterocycles. The molecule has 3 aromatic rings. The van der Waals surface area contributed by atoms with E-state index < -0.39 is 69.5 Å². The number of fused-ring (bicyclic) bond motifs is 1. The van der Waals surface area contributed by atoms with Crippen molar-refractivity contribution in [2.75, 3.05) is 30.7 Å². The smallest absolute Gasteiger partial charge is 0.417 e. The molecule has 1 amide bonds. The van der Waals surface area contributed by atoms with E-state index in [0.717, 1.165) is 6.92 Å². The molecule has 1 aliphatic heterocycles. The van der Waals surface area contributed by atoms with Crippen LogP contribution >= 0.6 is 0 Å². The Hall–Kier alpha value is -4.04. The number of benzene rings is 1. The first-order valence-electron chi connectivity index (χ1n) is 12.8. The first-order chi connectivity index (χ1) is 19.4. The van der Waals surface area contributed by atoms with Gasteiger partial charge in [-0.05, 0) is 50.1 Å². The fourth-order valence-corrected chi connectivity index (χ4v) is 4.43. The summed E-state index contributed by atoms with van der Waals surface area (Å²) in [6.45, 7) is 3.26. The molecule has 9 nitrogen and oxygen atoms in total. The van der Waals surface area contributed by atoms with Crippen LogP contribution < -0.4 is 26.4 Å². The highest BCUT2D eigenvalue weighted by Crippen LogP contribution is 2.44. The standard InChI is InChI=1S/C27H29F5N6O3/c1-13-5-6-34-7-8-35-25(40)19-24(37-11-15-3-4-16(12-39)36-10-15)22(29)23(38-26(19)41-13)17-9-18(33)21(28)14(2)20(17)27(30,31)32/h3-4,9-10,13,34,39H,5-8,11-12,33H2,1-2H3,(H,35,40)(H,37,38)/t13-/m0/s1. The molecule has 1 atom stereocenters. The first-order valence-corrected chi connectivity index (χ1v) is 12.8. The van der Waals surface area contributed by atoms with E-state index in [1.807, 2.05) is 0 Å². The maximum Gasteiger partial charge on any atom is 0.417 e. The largest absolute Gasteiger partial charge is 0.474 e. The average Bonchev–Trinajstić information content (AvgIpc) is 2.95. The van der Waals surface area contributed by atoms with Crippen molar-refractivity contribution in [2.45, 2.75) is 45.7 Å². The summed E-state index contributed by atoms with van der Waals surface area (Å²) in [4.78, 5) is 21.4. The highest BCUT2D eigenvalue weighted by molar-refractivity contribution is 6.03. The highest BCUT2D eigenvalue weighted by Gasteiger charge is 2.39. The van der Waals surface area contributed by atoms with E-state index >= 15 is 4.39 Å². The van der Waals surface area contributed by atoms with Crippen LogP contribution in [0.2, 0.25) is 0 Å². The number of nitrogens with zero attached hydrogens (tertiary/aromatic N) is 2. The third-order valence-corrected chi connectivity index (χ3v) is 6.54. The van der Waals surface area contributed by atoms with Gasteiger partial charge < -0.3 is 31.5 Å². The lowest BCUT2D eigenvalue weighted by Crippen LogP contribution is -2.32. The molecule has 41 heavy (non-hydrogen) atoms. The summed E-state index contributed by atoms with van der Waals surface area (Å²) in [5.41, 5.74) is 1.21. The Labute approximate surface area is 232 Å². The zero-order valence-electron chi connectivity index (χ0n) is 22.3. The molecule has 0 fully saturated rings. The number of alkyl halides is 3. The van der Waals surface area contributed by atoms with E-state index in [1.54, 1.807) is 13.0 Å². The molecule has 0 saturated heterocycles. The molecule has 0 radical (unpaired) electrons. The van der Waals surface area contributed by atoms with Gasteiger partial charge >= 0.3 is 6.18 Å². The summed E-state index contributed by atoms with van der Waals surface area (Å²) in [5.74, 6) is -3.75. The van der Waals surface area contributed by atoms with Crippen molar-refractivity contribution in [3.63, 3.8) is 0 Å². The van der Waals surface area contributed by atoms with E-state index in [2.05, 4.69) is 25.9 Å². The van der Waals surface area contributed by atoms with Crippen molar-refractivity contribution in [2.24, 2.45) is 0 Å². The molecule has 1 aromatic carbocycles. The van der Waals surface area contributed by atoms with Crippen LogP contribution in [0.5, 0.6) is 5.88 Å². The molecule has 0 saturated carbocycles. The van der Waals surface area contributed by atoms with Gasteiger partial charge in [0.05, 0.1) is 35.3 Å². The number of pyridine rings is 2. The summed E-state index contributed by atoms with van der Waals surface area (Å²) >= 11 is 0. The van der Waals surface area contributed by atoms with Gasteiger partial charge in [-0.15, -0.1) is 0 Å². The molecular formula is C27H29F5N6O3. The van der Waals surface area contributed by atoms with Crippen molar-refractivity contribution in [1.82, 2.24) is 20.6 Å². The monoisotopic (exact) mass is 580 g/mol. The lowest BCUT2D eigenvalue weighted by molar-refractivity contribution is -0.137. The Morgan fingerprint density at radius 1 is 1.20 bits per heavy atom. The molecule has 220 valence electrons.